The number of piperidine rings is 1. The summed E-state index contributed by atoms with van der Waals surface area (Å²) in [6.45, 7) is 7.31. The maximum atomic E-state index is 4.76. The molecule has 0 unspecified atom stereocenters. The highest BCUT2D eigenvalue weighted by Gasteiger charge is 2.17. The van der Waals surface area contributed by atoms with E-state index in [2.05, 4.69) is 45.0 Å². The molecule has 1 aromatic rings. The molecule has 0 saturated carbocycles. The van der Waals surface area contributed by atoms with Crippen LogP contribution in [0.2, 0.25) is 0 Å². The van der Waals surface area contributed by atoms with Gasteiger partial charge in [-0.2, -0.15) is 4.98 Å². The Kier molecular flexibility index (Phi) is 5.43. The van der Waals surface area contributed by atoms with Gasteiger partial charge in [-0.1, -0.05) is 13.3 Å². The minimum absolute atomic E-state index is 0.876. The third kappa shape index (κ3) is 3.59. The van der Waals surface area contributed by atoms with Crippen molar-refractivity contribution in [3.8, 4) is 0 Å². The maximum absolute atomic E-state index is 4.76. The Balaban J connectivity index is 2.30. The first-order valence-corrected chi connectivity index (χ1v) is 8.10. The number of nitrogens with one attached hydrogen (secondary N) is 1. The summed E-state index contributed by atoms with van der Waals surface area (Å²) in [5.74, 6) is 1.82. The Labute approximate surface area is 124 Å². The first kappa shape index (κ1) is 14.6. The Hall–Kier alpha value is -0.840. The molecule has 5 heteroatoms. The summed E-state index contributed by atoms with van der Waals surface area (Å²) in [6.07, 6.45) is 5.91. The van der Waals surface area contributed by atoms with Crippen LogP contribution in [0.25, 0.3) is 0 Å². The van der Waals surface area contributed by atoms with Crippen LogP contribution < -0.4 is 10.2 Å². The molecule has 1 aliphatic rings. The Bertz CT molecular complexity index is 389. The number of halogens is 1. The van der Waals surface area contributed by atoms with Crippen LogP contribution in [-0.4, -0.2) is 29.6 Å². The van der Waals surface area contributed by atoms with Gasteiger partial charge in [0, 0.05) is 19.6 Å². The number of aromatic nitrogens is 2. The quantitative estimate of drug-likeness (QED) is 0.897. The van der Waals surface area contributed by atoms with Gasteiger partial charge in [0.2, 0.25) is 5.95 Å². The highest BCUT2D eigenvalue weighted by molar-refractivity contribution is 9.10. The van der Waals surface area contributed by atoms with E-state index < -0.39 is 0 Å². The van der Waals surface area contributed by atoms with Crippen molar-refractivity contribution < 1.29 is 0 Å². The molecule has 2 heterocycles. The van der Waals surface area contributed by atoms with Gasteiger partial charge in [0.25, 0.3) is 0 Å². The molecule has 2 rings (SSSR count). The van der Waals surface area contributed by atoms with Crippen LogP contribution in [0.1, 0.15) is 45.2 Å². The molecular weight excluding hydrogens is 304 g/mol. The zero-order chi connectivity index (χ0) is 13.7. The summed E-state index contributed by atoms with van der Waals surface area (Å²) < 4.78 is 1.02. The van der Waals surface area contributed by atoms with E-state index >= 15 is 0 Å². The second kappa shape index (κ2) is 7.08. The van der Waals surface area contributed by atoms with Crippen molar-refractivity contribution in [3.05, 3.63) is 10.2 Å². The molecular formula is C14H23BrN4. The van der Waals surface area contributed by atoms with Gasteiger partial charge in [-0.3, -0.25) is 0 Å². The number of aryl methyl sites for hydroxylation is 1. The number of hydrogen-bond acceptors (Lipinski definition) is 4. The van der Waals surface area contributed by atoms with E-state index in [0.29, 0.717) is 0 Å². The summed E-state index contributed by atoms with van der Waals surface area (Å²) in [6, 6.07) is 0. The SMILES string of the molecule is CCCc1nc(N2CCCCC2)nc(NCC)c1Br. The Morgan fingerprint density at radius 2 is 1.89 bits per heavy atom. The van der Waals surface area contributed by atoms with Crippen molar-refractivity contribution >= 4 is 27.7 Å². The number of rotatable bonds is 5. The highest BCUT2D eigenvalue weighted by Crippen LogP contribution is 2.28. The van der Waals surface area contributed by atoms with E-state index in [1.54, 1.807) is 0 Å². The zero-order valence-electron chi connectivity index (χ0n) is 11.9. The zero-order valence-corrected chi connectivity index (χ0v) is 13.5. The summed E-state index contributed by atoms with van der Waals surface area (Å²) in [5.41, 5.74) is 1.12. The van der Waals surface area contributed by atoms with Crippen molar-refractivity contribution in [3.63, 3.8) is 0 Å². The van der Waals surface area contributed by atoms with Gasteiger partial charge in [0.05, 0.1) is 10.2 Å². The lowest BCUT2D eigenvalue weighted by Gasteiger charge is -2.27. The van der Waals surface area contributed by atoms with Crippen molar-refractivity contribution in [2.45, 2.75) is 46.0 Å². The Morgan fingerprint density at radius 3 is 2.53 bits per heavy atom. The first-order chi connectivity index (χ1) is 9.26. The monoisotopic (exact) mass is 326 g/mol. The lowest BCUT2D eigenvalue weighted by molar-refractivity contribution is 0.567. The van der Waals surface area contributed by atoms with Crippen LogP contribution in [0.3, 0.4) is 0 Å². The van der Waals surface area contributed by atoms with Crippen molar-refractivity contribution in [2.75, 3.05) is 29.9 Å². The number of hydrogen-bond donors (Lipinski definition) is 1. The van der Waals surface area contributed by atoms with Gasteiger partial charge in [-0.05, 0) is 48.5 Å². The van der Waals surface area contributed by atoms with Crippen LogP contribution >= 0.6 is 15.9 Å². The third-order valence-corrected chi connectivity index (χ3v) is 4.21. The van der Waals surface area contributed by atoms with Crippen LogP contribution in [0.15, 0.2) is 4.47 Å². The molecule has 0 bridgehead atoms. The second-order valence-corrected chi connectivity index (χ2v) is 5.75. The summed E-state index contributed by atoms with van der Waals surface area (Å²) in [5, 5.41) is 3.33. The van der Waals surface area contributed by atoms with Crippen LogP contribution in [0, 0.1) is 0 Å². The summed E-state index contributed by atoms with van der Waals surface area (Å²) in [7, 11) is 0. The molecule has 1 N–H and O–H groups in total. The van der Waals surface area contributed by atoms with E-state index in [1.807, 2.05) is 0 Å². The van der Waals surface area contributed by atoms with Crippen LogP contribution in [0.4, 0.5) is 11.8 Å². The predicted octanol–water partition coefficient (Wildman–Crippen LogP) is 3.61. The fourth-order valence-electron chi connectivity index (χ4n) is 2.40. The molecule has 4 nitrogen and oxygen atoms in total. The molecule has 106 valence electrons. The first-order valence-electron chi connectivity index (χ1n) is 7.31. The van der Waals surface area contributed by atoms with Crippen molar-refractivity contribution in [1.29, 1.82) is 0 Å². The van der Waals surface area contributed by atoms with Crippen LogP contribution in [-0.2, 0) is 6.42 Å². The molecule has 0 radical (unpaired) electrons. The van der Waals surface area contributed by atoms with E-state index in [0.717, 1.165) is 54.4 Å². The molecule has 0 spiro atoms. The lowest BCUT2D eigenvalue weighted by Crippen LogP contribution is -2.31. The molecule has 0 aliphatic carbocycles. The average molecular weight is 327 g/mol. The Morgan fingerprint density at radius 1 is 1.16 bits per heavy atom. The predicted molar refractivity (Wildman–Crippen MR) is 84.0 cm³/mol. The van der Waals surface area contributed by atoms with Gasteiger partial charge >= 0.3 is 0 Å². The van der Waals surface area contributed by atoms with E-state index in [1.165, 1.54) is 19.3 Å². The molecule has 1 aromatic heterocycles. The molecule has 1 aliphatic heterocycles. The minimum Gasteiger partial charge on any atom is -0.369 e. The molecule has 1 fully saturated rings. The summed E-state index contributed by atoms with van der Waals surface area (Å²) in [4.78, 5) is 11.8. The molecule has 0 amide bonds. The van der Waals surface area contributed by atoms with Gasteiger partial charge in [0.1, 0.15) is 5.82 Å². The fourth-order valence-corrected chi connectivity index (χ4v) is 2.92. The topological polar surface area (TPSA) is 41.1 Å². The second-order valence-electron chi connectivity index (χ2n) is 4.96. The molecule has 1 saturated heterocycles. The van der Waals surface area contributed by atoms with Crippen molar-refractivity contribution in [2.24, 2.45) is 0 Å². The van der Waals surface area contributed by atoms with Gasteiger partial charge < -0.3 is 10.2 Å². The molecule has 19 heavy (non-hydrogen) atoms. The number of anilines is 2. The summed E-state index contributed by atoms with van der Waals surface area (Å²) >= 11 is 3.64. The molecule has 0 aromatic carbocycles. The normalized spacial score (nSPS) is 15.6. The number of nitrogens with zero attached hydrogens (tertiary/aromatic N) is 3. The maximum Gasteiger partial charge on any atom is 0.227 e. The smallest absolute Gasteiger partial charge is 0.227 e. The fraction of sp³-hybridized carbons (Fsp3) is 0.714. The van der Waals surface area contributed by atoms with Gasteiger partial charge in [-0.25, -0.2) is 4.98 Å². The standard InChI is InChI=1S/C14H23BrN4/c1-3-8-11-12(15)13(16-4-2)18-14(17-11)19-9-6-5-7-10-19/h3-10H2,1-2H3,(H,16,17,18). The minimum atomic E-state index is 0.876. The lowest BCUT2D eigenvalue weighted by atomic mass is 10.1. The van der Waals surface area contributed by atoms with Gasteiger partial charge in [-0.15, -0.1) is 0 Å². The highest BCUT2D eigenvalue weighted by atomic mass is 79.9. The van der Waals surface area contributed by atoms with E-state index in [-0.39, 0.29) is 0 Å². The van der Waals surface area contributed by atoms with Gasteiger partial charge in [0.15, 0.2) is 0 Å². The van der Waals surface area contributed by atoms with E-state index in [9.17, 15) is 0 Å². The third-order valence-electron chi connectivity index (χ3n) is 3.38. The van der Waals surface area contributed by atoms with E-state index in [4.69, 9.17) is 4.98 Å². The largest absolute Gasteiger partial charge is 0.369 e. The average Bonchev–Trinajstić information content (AvgIpc) is 2.44. The molecule has 0 atom stereocenters. The van der Waals surface area contributed by atoms with Crippen LogP contribution in [0.5, 0.6) is 0 Å². The van der Waals surface area contributed by atoms with Crippen molar-refractivity contribution in [1.82, 2.24) is 9.97 Å².